The van der Waals surface area contributed by atoms with E-state index >= 15 is 0 Å². The van der Waals surface area contributed by atoms with Gasteiger partial charge < -0.3 is 19.8 Å². The van der Waals surface area contributed by atoms with Gasteiger partial charge in [-0.2, -0.15) is 0 Å². The number of aryl methyl sites for hydroxylation is 1. The van der Waals surface area contributed by atoms with E-state index in [1.165, 1.54) is 0 Å². The molecule has 0 aliphatic carbocycles. The fourth-order valence-corrected chi connectivity index (χ4v) is 1.39. The molecule has 0 aliphatic heterocycles. The number of rotatable bonds is 4. The van der Waals surface area contributed by atoms with E-state index in [1.807, 2.05) is 6.92 Å². The van der Waals surface area contributed by atoms with Gasteiger partial charge in [0.05, 0.1) is 6.04 Å². The van der Waals surface area contributed by atoms with Crippen LogP contribution in [0.5, 0.6) is 0 Å². The second-order valence-electron chi connectivity index (χ2n) is 5.05. The van der Waals surface area contributed by atoms with Gasteiger partial charge in [0.15, 0.2) is 0 Å². The number of carbonyl (C=O) groups is 2. The van der Waals surface area contributed by atoms with E-state index in [2.05, 4.69) is 15.3 Å². The van der Waals surface area contributed by atoms with Crippen molar-refractivity contribution in [1.82, 2.24) is 15.3 Å². The lowest BCUT2D eigenvalue weighted by Crippen LogP contribution is -2.35. The van der Waals surface area contributed by atoms with Crippen LogP contribution in [0.3, 0.4) is 0 Å². The first-order chi connectivity index (χ1) is 8.31. The highest BCUT2D eigenvalue weighted by Crippen LogP contribution is 2.14. The molecule has 100 valence electrons. The summed E-state index contributed by atoms with van der Waals surface area (Å²) in [6.45, 7) is 7.18. The van der Waals surface area contributed by atoms with E-state index in [0.717, 1.165) is 12.0 Å². The smallest absolute Gasteiger partial charge is 0.408 e. The van der Waals surface area contributed by atoms with Crippen molar-refractivity contribution in [2.24, 2.45) is 0 Å². The number of aldehydes is 1. The third-order valence-corrected chi connectivity index (χ3v) is 2.08. The van der Waals surface area contributed by atoms with Crippen molar-refractivity contribution in [3.63, 3.8) is 0 Å². The molecule has 1 rings (SSSR count). The van der Waals surface area contributed by atoms with Gasteiger partial charge in [-0.3, -0.25) is 0 Å². The van der Waals surface area contributed by atoms with Gasteiger partial charge in [-0.25, -0.2) is 9.78 Å². The summed E-state index contributed by atoms with van der Waals surface area (Å²) in [5.74, 6) is 0.547. The van der Waals surface area contributed by atoms with Gasteiger partial charge >= 0.3 is 6.09 Å². The highest BCUT2D eigenvalue weighted by molar-refractivity contribution is 5.69. The van der Waals surface area contributed by atoms with Crippen molar-refractivity contribution < 1.29 is 14.3 Å². The Hall–Kier alpha value is -1.85. The second-order valence-corrected chi connectivity index (χ2v) is 5.05. The van der Waals surface area contributed by atoms with Gasteiger partial charge in [0, 0.05) is 18.3 Å². The van der Waals surface area contributed by atoms with Crippen LogP contribution in [0.25, 0.3) is 0 Å². The molecule has 1 aromatic rings. The van der Waals surface area contributed by atoms with Gasteiger partial charge in [-0.15, -0.1) is 0 Å². The zero-order chi connectivity index (χ0) is 13.8. The first-order valence-electron chi connectivity index (χ1n) is 5.76. The van der Waals surface area contributed by atoms with E-state index in [9.17, 15) is 9.59 Å². The lowest BCUT2D eigenvalue weighted by atomic mass is 10.2. The van der Waals surface area contributed by atoms with Crippen LogP contribution in [0.15, 0.2) is 6.20 Å². The van der Waals surface area contributed by atoms with Crippen LogP contribution in [0.1, 0.15) is 44.8 Å². The average molecular weight is 253 g/mol. The van der Waals surface area contributed by atoms with Crippen molar-refractivity contribution in [1.29, 1.82) is 0 Å². The Morgan fingerprint density at radius 2 is 2.28 bits per heavy atom. The Morgan fingerprint density at radius 3 is 2.72 bits per heavy atom. The average Bonchev–Trinajstić information content (AvgIpc) is 2.61. The van der Waals surface area contributed by atoms with Crippen molar-refractivity contribution >= 4 is 12.4 Å². The topological polar surface area (TPSA) is 84.1 Å². The second kappa shape index (κ2) is 5.66. The van der Waals surface area contributed by atoms with E-state index in [-0.39, 0.29) is 6.42 Å². The van der Waals surface area contributed by atoms with Crippen LogP contribution in [-0.2, 0) is 9.53 Å². The number of H-pyrrole nitrogens is 1. The largest absolute Gasteiger partial charge is 0.444 e. The minimum atomic E-state index is -0.575. The monoisotopic (exact) mass is 253 g/mol. The summed E-state index contributed by atoms with van der Waals surface area (Å²) in [6, 6.07) is -0.494. The maximum Gasteiger partial charge on any atom is 0.408 e. The summed E-state index contributed by atoms with van der Waals surface area (Å²) in [5, 5.41) is 2.62. The van der Waals surface area contributed by atoms with Crippen LogP contribution in [0.2, 0.25) is 0 Å². The Morgan fingerprint density at radius 1 is 1.61 bits per heavy atom. The number of alkyl carbamates (subject to hydrolysis) is 1. The van der Waals surface area contributed by atoms with Crippen molar-refractivity contribution in [3.05, 3.63) is 17.7 Å². The third-order valence-electron chi connectivity index (χ3n) is 2.08. The summed E-state index contributed by atoms with van der Waals surface area (Å²) in [6.07, 6.45) is 1.96. The summed E-state index contributed by atoms with van der Waals surface area (Å²) >= 11 is 0. The van der Waals surface area contributed by atoms with Gasteiger partial charge in [0.25, 0.3) is 0 Å². The summed E-state index contributed by atoms with van der Waals surface area (Å²) in [5.41, 5.74) is 0.293. The molecule has 0 spiro atoms. The Bertz CT molecular complexity index is 420. The number of aromatic amines is 1. The van der Waals surface area contributed by atoms with Gasteiger partial charge in [0.2, 0.25) is 0 Å². The van der Waals surface area contributed by atoms with Crippen LogP contribution < -0.4 is 5.32 Å². The molecule has 18 heavy (non-hydrogen) atoms. The number of nitrogens with zero attached hydrogens (tertiary/aromatic N) is 1. The number of hydrogen-bond acceptors (Lipinski definition) is 4. The van der Waals surface area contributed by atoms with Crippen LogP contribution in [-0.4, -0.2) is 27.9 Å². The summed E-state index contributed by atoms with van der Waals surface area (Å²) in [7, 11) is 0. The van der Waals surface area contributed by atoms with Gasteiger partial charge in [-0.1, -0.05) is 0 Å². The van der Waals surface area contributed by atoms with E-state index in [0.29, 0.717) is 5.82 Å². The minimum Gasteiger partial charge on any atom is -0.444 e. The van der Waals surface area contributed by atoms with Crippen LogP contribution in [0.4, 0.5) is 4.79 Å². The number of nitrogens with one attached hydrogen (secondary N) is 2. The van der Waals surface area contributed by atoms with Gasteiger partial charge in [0.1, 0.15) is 17.7 Å². The first kappa shape index (κ1) is 14.2. The van der Waals surface area contributed by atoms with Crippen molar-refractivity contribution in [2.45, 2.75) is 45.8 Å². The fraction of sp³-hybridized carbons (Fsp3) is 0.583. The zero-order valence-electron chi connectivity index (χ0n) is 11.1. The molecular weight excluding hydrogens is 234 g/mol. The van der Waals surface area contributed by atoms with Crippen LogP contribution in [0, 0.1) is 6.92 Å². The first-order valence-corrected chi connectivity index (χ1v) is 5.76. The quantitative estimate of drug-likeness (QED) is 0.802. The highest BCUT2D eigenvalue weighted by atomic mass is 16.6. The molecule has 2 N–H and O–H groups in total. The molecule has 0 aromatic carbocycles. The molecule has 0 fully saturated rings. The Balaban J connectivity index is 2.69. The maximum absolute atomic E-state index is 11.6. The molecule has 1 amide bonds. The predicted octanol–water partition coefficient (Wildman–Crippen LogP) is 1.87. The number of hydrogen-bond donors (Lipinski definition) is 2. The molecule has 0 unspecified atom stereocenters. The lowest BCUT2D eigenvalue weighted by Gasteiger charge is -2.22. The van der Waals surface area contributed by atoms with E-state index in [4.69, 9.17) is 4.74 Å². The molecule has 0 aliphatic rings. The number of aromatic nitrogens is 2. The molecule has 1 heterocycles. The maximum atomic E-state index is 11.6. The van der Waals surface area contributed by atoms with Crippen LogP contribution >= 0.6 is 0 Å². The van der Waals surface area contributed by atoms with Crippen molar-refractivity contribution in [2.75, 3.05) is 0 Å². The van der Waals surface area contributed by atoms with E-state index in [1.54, 1.807) is 27.0 Å². The molecule has 0 bridgehead atoms. The number of imidazole rings is 1. The van der Waals surface area contributed by atoms with Crippen molar-refractivity contribution in [3.8, 4) is 0 Å². The summed E-state index contributed by atoms with van der Waals surface area (Å²) < 4.78 is 5.14. The molecule has 6 heteroatoms. The molecule has 1 atom stereocenters. The standard InChI is InChI=1S/C12H19N3O3/c1-8-7-13-10(14-8)9(5-6-16)15-11(17)18-12(2,3)4/h6-7,9H,5H2,1-4H3,(H,13,14)(H,15,17)/t9-/m0/s1. The molecular formula is C12H19N3O3. The lowest BCUT2D eigenvalue weighted by molar-refractivity contribution is -0.108. The zero-order valence-corrected chi connectivity index (χ0v) is 11.1. The Kier molecular flexibility index (Phi) is 4.47. The molecule has 1 aromatic heterocycles. The molecule has 0 saturated carbocycles. The predicted molar refractivity (Wildman–Crippen MR) is 66.1 cm³/mol. The number of carbonyl (C=O) groups excluding carboxylic acids is 2. The number of amides is 1. The number of ether oxygens (including phenoxy) is 1. The molecule has 0 radical (unpaired) electrons. The van der Waals surface area contributed by atoms with Gasteiger partial charge in [-0.05, 0) is 27.7 Å². The normalized spacial score (nSPS) is 12.9. The highest BCUT2D eigenvalue weighted by Gasteiger charge is 2.21. The molecule has 6 nitrogen and oxygen atoms in total. The fourth-order valence-electron chi connectivity index (χ4n) is 1.39. The summed E-state index contributed by atoms with van der Waals surface area (Å²) in [4.78, 5) is 29.3. The molecule has 0 saturated heterocycles. The SMILES string of the molecule is Cc1cnc([C@H](CC=O)NC(=O)OC(C)(C)C)[nH]1. The van der Waals surface area contributed by atoms with E-state index < -0.39 is 17.7 Å². The minimum absolute atomic E-state index is 0.145. The third kappa shape index (κ3) is 4.57. The Labute approximate surface area is 106 Å².